The van der Waals surface area contributed by atoms with Crippen LogP contribution in [0.2, 0.25) is 0 Å². The molecule has 1 N–H and O–H groups in total. The van der Waals surface area contributed by atoms with Gasteiger partial charge in [0.25, 0.3) is 5.91 Å². The van der Waals surface area contributed by atoms with E-state index in [0.717, 1.165) is 48.9 Å². The third-order valence-electron chi connectivity index (χ3n) is 8.12. The Morgan fingerprint density at radius 2 is 1.56 bits per heavy atom. The molecule has 4 heteroatoms. The topological polar surface area (TPSA) is 55.4 Å². The van der Waals surface area contributed by atoms with Crippen LogP contribution in [0, 0.1) is 35.5 Å². The summed E-state index contributed by atoms with van der Waals surface area (Å²) in [5.41, 5.74) is 0.0167. The Kier molecular flexibility index (Phi) is 3.87. The second-order valence-corrected chi connectivity index (χ2v) is 10.0. The van der Waals surface area contributed by atoms with Crippen molar-refractivity contribution in [1.29, 1.82) is 0 Å². The number of fused-ring (bicyclic) bond motifs is 2. The van der Waals surface area contributed by atoms with Crippen molar-refractivity contribution in [3.05, 3.63) is 0 Å². The number of ether oxygens (including phenoxy) is 1. The van der Waals surface area contributed by atoms with Crippen LogP contribution >= 0.6 is 0 Å². The average Bonchev–Trinajstić information content (AvgIpc) is 3.14. The summed E-state index contributed by atoms with van der Waals surface area (Å²) < 4.78 is 5.34. The molecule has 6 saturated carbocycles. The van der Waals surface area contributed by atoms with E-state index >= 15 is 0 Å². The lowest BCUT2D eigenvalue weighted by molar-refractivity contribution is -0.151. The molecule has 6 rings (SSSR count). The highest BCUT2D eigenvalue weighted by Gasteiger charge is 2.51. The van der Waals surface area contributed by atoms with Crippen molar-refractivity contribution in [3.8, 4) is 0 Å². The second-order valence-electron chi connectivity index (χ2n) is 10.0. The van der Waals surface area contributed by atoms with Crippen molar-refractivity contribution in [3.63, 3.8) is 0 Å². The Labute approximate surface area is 150 Å². The minimum Gasteiger partial charge on any atom is -0.456 e. The molecule has 0 aromatic heterocycles. The van der Waals surface area contributed by atoms with E-state index in [9.17, 15) is 9.59 Å². The molecule has 0 aliphatic heterocycles. The Bertz CT molecular complexity index is 536. The van der Waals surface area contributed by atoms with Crippen molar-refractivity contribution >= 4 is 11.9 Å². The molecule has 0 aromatic rings. The summed E-state index contributed by atoms with van der Waals surface area (Å²) in [6.45, 7) is -0.0819. The van der Waals surface area contributed by atoms with Gasteiger partial charge in [-0.05, 0) is 93.3 Å². The quantitative estimate of drug-likeness (QED) is 0.777. The van der Waals surface area contributed by atoms with Crippen LogP contribution in [-0.4, -0.2) is 24.0 Å². The molecule has 0 heterocycles. The Balaban J connectivity index is 1.10. The van der Waals surface area contributed by atoms with Gasteiger partial charge < -0.3 is 10.1 Å². The van der Waals surface area contributed by atoms with Crippen molar-refractivity contribution in [2.45, 2.75) is 76.2 Å². The monoisotopic (exact) mass is 345 g/mol. The van der Waals surface area contributed by atoms with E-state index in [1.54, 1.807) is 0 Å². The smallest absolute Gasteiger partial charge is 0.306 e. The van der Waals surface area contributed by atoms with Gasteiger partial charge in [0.05, 0.1) is 0 Å². The van der Waals surface area contributed by atoms with Gasteiger partial charge in [0.1, 0.15) is 0 Å². The zero-order valence-corrected chi connectivity index (χ0v) is 15.2. The second kappa shape index (κ2) is 5.99. The molecule has 1 amide bonds. The molecule has 6 aliphatic rings. The minimum absolute atomic E-state index is 0.0167. The molecule has 0 spiro atoms. The van der Waals surface area contributed by atoms with Crippen molar-refractivity contribution in [1.82, 2.24) is 5.32 Å². The molecule has 4 nitrogen and oxygen atoms in total. The highest BCUT2D eigenvalue weighted by Crippen LogP contribution is 2.55. The molecule has 25 heavy (non-hydrogen) atoms. The number of carbonyl (C=O) groups is 2. The predicted octanol–water partition coefficient (Wildman–Crippen LogP) is 3.44. The molecular weight excluding hydrogens is 314 g/mol. The van der Waals surface area contributed by atoms with E-state index in [-0.39, 0.29) is 24.0 Å². The van der Waals surface area contributed by atoms with Gasteiger partial charge in [0.2, 0.25) is 0 Å². The van der Waals surface area contributed by atoms with E-state index in [0.29, 0.717) is 12.3 Å². The van der Waals surface area contributed by atoms with Gasteiger partial charge in [-0.15, -0.1) is 0 Å². The third-order valence-corrected chi connectivity index (χ3v) is 8.12. The van der Waals surface area contributed by atoms with E-state index in [2.05, 4.69) is 5.32 Å². The van der Waals surface area contributed by atoms with Gasteiger partial charge in [-0.1, -0.05) is 6.42 Å². The molecular formula is C21H31NO3. The van der Waals surface area contributed by atoms with E-state index < -0.39 is 0 Å². The molecule has 6 aliphatic carbocycles. The van der Waals surface area contributed by atoms with Crippen molar-refractivity contribution in [2.24, 2.45) is 35.5 Å². The number of esters is 1. The zero-order chi connectivity index (χ0) is 17.0. The summed E-state index contributed by atoms with van der Waals surface area (Å²) in [4.78, 5) is 24.6. The molecule has 3 atom stereocenters. The molecule has 0 radical (unpaired) electrons. The van der Waals surface area contributed by atoms with Gasteiger partial charge in [0.15, 0.2) is 6.61 Å². The van der Waals surface area contributed by atoms with E-state index in [4.69, 9.17) is 4.74 Å². The standard InChI is InChI=1S/C21H31NO3/c23-19(12-25-20(24)8-18-7-13-1-2-17(18)6-13)22-21-9-14-3-15(10-21)5-16(4-14)11-21/h13-18H,1-12H2,(H,22,23)/t13-,14?,15?,16?,17+,18+,21?/m0/s1. The molecule has 0 saturated heterocycles. The van der Waals surface area contributed by atoms with Gasteiger partial charge >= 0.3 is 5.97 Å². The molecule has 138 valence electrons. The summed E-state index contributed by atoms with van der Waals surface area (Å²) in [5.74, 6) is 4.28. The van der Waals surface area contributed by atoms with E-state index in [1.165, 1.54) is 44.9 Å². The van der Waals surface area contributed by atoms with Gasteiger partial charge in [-0.3, -0.25) is 9.59 Å². The summed E-state index contributed by atoms with van der Waals surface area (Å²) in [6, 6.07) is 0. The first kappa shape index (κ1) is 16.1. The third kappa shape index (κ3) is 3.10. The molecule has 0 aromatic carbocycles. The van der Waals surface area contributed by atoms with E-state index in [1.807, 2.05) is 0 Å². The first-order valence-corrected chi connectivity index (χ1v) is 10.5. The lowest BCUT2D eigenvalue weighted by Gasteiger charge is -2.56. The first-order valence-electron chi connectivity index (χ1n) is 10.5. The summed E-state index contributed by atoms with van der Waals surface area (Å²) in [6.07, 6.45) is 13.2. The molecule has 6 fully saturated rings. The van der Waals surface area contributed by atoms with Crippen LogP contribution in [0.15, 0.2) is 0 Å². The molecule has 6 bridgehead atoms. The van der Waals surface area contributed by atoms with Crippen LogP contribution in [0.3, 0.4) is 0 Å². The largest absolute Gasteiger partial charge is 0.456 e. The first-order chi connectivity index (χ1) is 12.1. The maximum atomic E-state index is 12.4. The summed E-state index contributed by atoms with van der Waals surface area (Å²) >= 11 is 0. The van der Waals surface area contributed by atoms with Crippen LogP contribution in [0.25, 0.3) is 0 Å². The van der Waals surface area contributed by atoms with Crippen LogP contribution in [-0.2, 0) is 14.3 Å². The van der Waals surface area contributed by atoms with Crippen molar-refractivity contribution < 1.29 is 14.3 Å². The summed E-state index contributed by atoms with van der Waals surface area (Å²) in [5, 5.41) is 3.28. The Hall–Kier alpha value is -1.06. The Morgan fingerprint density at radius 1 is 0.880 bits per heavy atom. The zero-order valence-electron chi connectivity index (χ0n) is 15.2. The SMILES string of the molecule is O=C(COC(=O)C[C@H]1C[C@H]2CC[C@@H]1C2)NC12CC3CC(CC(C3)C1)C2. The lowest BCUT2D eigenvalue weighted by atomic mass is 9.53. The fourth-order valence-corrected chi connectivity index (χ4v) is 7.64. The Morgan fingerprint density at radius 3 is 2.12 bits per heavy atom. The predicted molar refractivity (Wildman–Crippen MR) is 93.6 cm³/mol. The highest BCUT2D eigenvalue weighted by atomic mass is 16.5. The lowest BCUT2D eigenvalue weighted by Crippen LogP contribution is -2.60. The summed E-state index contributed by atoms with van der Waals surface area (Å²) in [7, 11) is 0. The number of nitrogens with one attached hydrogen (secondary N) is 1. The van der Waals surface area contributed by atoms with Crippen molar-refractivity contribution in [2.75, 3.05) is 6.61 Å². The van der Waals surface area contributed by atoms with Crippen LogP contribution in [0.5, 0.6) is 0 Å². The average molecular weight is 345 g/mol. The number of amides is 1. The maximum Gasteiger partial charge on any atom is 0.306 e. The van der Waals surface area contributed by atoms with Crippen LogP contribution in [0.1, 0.15) is 70.6 Å². The van der Waals surface area contributed by atoms with Gasteiger partial charge in [-0.25, -0.2) is 0 Å². The maximum absolute atomic E-state index is 12.4. The fourth-order valence-electron chi connectivity index (χ4n) is 7.64. The number of hydrogen-bond donors (Lipinski definition) is 1. The molecule has 0 unspecified atom stereocenters. The van der Waals surface area contributed by atoms with Gasteiger partial charge in [0, 0.05) is 12.0 Å². The van der Waals surface area contributed by atoms with Gasteiger partial charge in [-0.2, -0.15) is 0 Å². The number of rotatable bonds is 5. The number of carbonyl (C=O) groups excluding carboxylic acids is 2. The van der Waals surface area contributed by atoms with Crippen LogP contribution in [0.4, 0.5) is 0 Å². The minimum atomic E-state index is -0.168. The number of hydrogen-bond acceptors (Lipinski definition) is 3. The normalized spacial score (nSPS) is 46.4. The van der Waals surface area contributed by atoms with Crippen LogP contribution < -0.4 is 5.32 Å². The fraction of sp³-hybridized carbons (Fsp3) is 0.905. The highest BCUT2D eigenvalue weighted by molar-refractivity contribution is 5.81.